The summed E-state index contributed by atoms with van der Waals surface area (Å²) in [6.07, 6.45) is 4.95. The summed E-state index contributed by atoms with van der Waals surface area (Å²) in [6.45, 7) is 4.70. The van der Waals surface area contributed by atoms with Gasteiger partial charge >= 0.3 is 0 Å². The largest absolute Gasteiger partial charge is 0.371 e. The van der Waals surface area contributed by atoms with Crippen LogP contribution in [-0.2, 0) is 0 Å². The van der Waals surface area contributed by atoms with Gasteiger partial charge in [-0.3, -0.25) is 0 Å². The summed E-state index contributed by atoms with van der Waals surface area (Å²) < 4.78 is 0.964. The Hall–Kier alpha value is -1.01. The van der Waals surface area contributed by atoms with Crippen molar-refractivity contribution in [3.8, 4) is 6.07 Å². The van der Waals surface area contributed by atoms with Gasteiger partial charge in [0.15, 0.2) is 0 Å². The third kappa shape index (κ3) is 3.30. The van der Waals surface area contributed by atoms with Crippen LogP contribution in [0.2, 0.25) is 0 Å². The van der Waals surface area contributed by atoms with Gasteiger partial charge in [0.1, 0.15) is 6.07 Å². The molecule has 0 heterocycles. The molecule has 0 saturated heterocycles. The Morgan fingerprint density at radius 1 is 1.32 bits per heavy atom. The van der Waals surface area contributed by atoms with Crippen LogP contribution < -0.4 is 4.90 Å². The fourth-order valence-corrected chi connectivity index (χ4v) is 3.23. The Bertz CT molecular complexity index is 492. The lowest BCUT2D eigenvalue weighted by Crippen LogP contribution is -2.37. The Morgan fingerprint density at radius 2 is 1.95 bits per heavy atom. The summed E-state index contributed by atoms with van der Waals surface area (Å²) in [4.78, 5) is 2.29. The number of nitrogens with zero attached hydrogens (tertiary/aromatic N) is 2. The highest BCUT2D eigenvalue weighted by Crippen LogP contribution is 2.38. The van der Waals surface area contributed by atoms with Gasteiger partial charge in [0, 0.05) is 17.6 Å². The minimum Gasteiger partial charge on any atom is -0.371 e. The Morgan fingerprint density at radius 3 is 2.53 bits per heavy atom. The average Bonchev–Trinajstić information content (AvgIpc) is 2.37. The van der Waals surface area contributed by atoms with Gasteiger partial charge in [-0.05, 0) is 49.3 Å². The van der Waals surface area contributed by atoms with E-state index in [1.807, 2.05) is 18.2 Å². The fraction of sp³-hybridized carbons (Fsp3) is 0.562. The number of benzene rings is 1. The van der Waals surface area contributed by atoms with Crippen molar-refractivity contribution in [2.24, 2.45) is 5.41 Å². The first kappa shape index (κ1) is 14.4. The highest BCUT2D eigenvalue weighted by atomic mass is 79.9. The van der Waals surface area contributed by atoms with Crippen LogP contribution in [0.3, 0.4) is 0 Å². The van der Waals surface area contributed by atoms with Crippen molar-refractivity contribution < 1.29 is 0 Å². The lowest BCUT2D eigenvalue weighted by Gasteiger charge is -2.39. The Labute approximate surface area is 124 Å². The molecule has 1 aromatic carbocycles. The van der Waals surface area contributed by atoms with E-state index in [1.54, 1.807) is 0 Å². The molecule has 1 fully saturated rings. The Balaban J connectivity index is 2.17. The quantitative estimate of drug-likeness (QED) is 0.787. The summed E-state index contributed by atoms with van der Waals surface area (Å²) in [5.74, 6) is 0. The zero-order valence-corrected chi connectivity index (χ0v) is 13.5. The molecule has 3 heteroatoms. The molecule has 0 radical (unpaired) electrons. The van der Waals surface area contributed by atoms with E-state index in [0.717, 1.165) is 15.7 Å². The summed E-state index contributed by atoms with van der Waals surface area (Å²) in [7, 11) is 2.12. The summed E-state index contributed by atoms with van der Waals surface area (Å²) in [5, 5.41) is 9.28. The molecular formula is C16H21BrN2. The molecule has 1 aliphatic carbocycles. The van der Waals surface area contributed by atoms with Gasteiger partial charge in [-0.25, -0.2) is 0 Å². The smallest absolute Gasteiger partial charge is 0.101 e. The molecule has 0 N–H and O–H groups in total. The second-order valence-electron chi connectivity index (χ2n) is 6.28. The van der Waals surface area contributed by atoms with E-state index in [4.69, 9.17) is 0 Å². The third-order valence-electron chi connectivity index (χ3n) is 4.32. The van der Waals surface area contributed by atoms with Crippen molar-refractivity contribution in [2.75, 3.05) is 11.9 Å². The lowest BCUT2D eigenvalue weighted by molar-refractivity contribution is 0.222. The predicted octanol–water partition coefficient (Wildman–Crippen LogP) is 4.73. The van der Waals surface area contributed by atoms with E-state index in [-0.39, 0.29) is 0 Å². The van der Waals surface area contributed by atoms with Gasteiger partial charge in [0.05, 0.1) is 11.3 Å². The van der Waals surface area contributed by atoms with Crippen molar-refractivity contribution in [3.05, 3.63) is 28.2 Å². The van der Waals surface area contributed by atoms with E-state index in [2.05, 4.69) is 47.8 Å². The monoisotopic (exact) mass is 320 g/mol. The molecule has 0 atom stereocenters. The van der Waals surface area contributed by atoms with Gasteiger partial charge in [-0.15, -0.1) is 0 Å². The first-order valence-corrected chi connectivity index (χ1v) is 7.65. The van der Waals surface area contributed by atoms with Crippen LogP contribution in [-0.4, -0.2) is 13.1 Å². The number of hydrogen-bond acceptors (Lipinski definition) is 2. The molecule has 1 saturated carbocycles. The number of hydrogen-bond donors (Lipinski definition) is 0. The fourth-order valence-electron chi connectivity index (χ4n) is 2.87. The molecule has 0 bridgehead atoms. The minimum absolute atomic E-state index is 0.481. The molecule has 0 spiro atoms. The Kier molecular flexibility index (Phi) is 4.20. The van der Waals surface area contributed by atoms with Crippen molar-refractivity contribution >= 4 is 21.6 Å². The zero-order valence-electron chi connectivity index (χ0n) is 11.9. The second-order valence-corrected chi connectivity index (χ2v) is 7.20. The standard InChI is InChI=1S/C16H21BrN2/c1-16(2)8-6-14(7-9-16)19(3)15-5-4-13(17)10-12(15)11-18/h4-5,10,14H,6-9H2,1-3H3. The van der Waals surface area contributed by atoms with Crippen LogP contribution in [0.1, 0.15) is 45.1 Å². The third-order valence-corrected chi connectivity index (χ3v) is 4.81. The SMILES string of the molecule is CN(c1ccc(Br)cc1C#N)C1CCC(C)(C)CC1. The summed E-state index contributed by atoms with van der Waals surface area (Å²) >= 11 is 3.43. The van der Waals surface area contributed by atoms with E-state index in [1.165, 1.54) is 25.7 Å². The van der Waals surface area contributed by atoms with Gasteiger partial charge in [-0.1, -0.05) is 29.8 Å². The van der Waals surface area contributed by atoms with Gasteiger partial charge < -0.3 is 4.90 Å². The highest BCUT2D eigenvalue weighted by Gasteiger charge is 2.29. The number of rotatable bonds is 2. The first-order valence-electron chi connectivity index (χ1n) is 6.85. The molecule has 19 heavy (non-hydrogen) atoms. The molecule has 2 nitrogen and oxygen atoms in total. The number of anilines is 1. The molecule has 0 aliphatic heterocycles. The van der Waals surface area contributed by atoms with Gasteiger partial charge in [-0.2, -0.15) is 5.26 Å². The van der Waals surface area contributed by atoms with Crippen LogP contribution in [0.15, 0.2) is 22.7 Å². The van der Waals surface area contributed by atoms with Crippen molar-refractivity contribution in [1.82, 2.24) is 0 Å². The molecule has 0 aromatic heterocycles. The molecule has 102 valence electrons. The molecule has 0 unspecified atom stereocenters. The van der Waals surface area contributed by atoms with Crippen molar-refractivity contribution in [2.45, 2.75) is 45.6 Å². The molecular weight excluding hydrogens is 300 g/mol. The molecule has 2 rings (SSSR count). The molecule has 1 aromatic rings. The van der Waals surface area contributed by atoms with Crippen LogP contribution >= 0.6 is 15.9 Å². The van der Waals surface area contributed by atoms with E-state index < -0.39 is 0 Å². The van der Waals surface area contributed by atoms with E-state index in [9.17, 15) is 5.26 Å². The maximum absolute atomic E-state index is 9.28. The lowest BCUT2D eigenvalue weighted by atomic mass is 9.75. The van der Waals surface area contributed by atoms with Crippen molar-refractivity contribution in [3.63, 3.8) is 0 Å². The van der Waals surface area contributed by atoms with Crippen molar-refractivity contribution in [1.29, 1.82) is 5.26 Å². The predicted molar refractivity (Wildman–Crippen MR) is 83.3 cm³/mol. The second kappa shape index (κ2) is 5.54. The normalized spacial score (nSPS) is 18.9. The first-order chi connectivity index (χ1) is 8.93. The maximum atomic E-state index is 9.28. The van der Waals surface area contributed by atoms with E-state index >= 15 is 0 Å². The number of halogens is 1. The van der Waals surface area contributed by atoms with E-state index in [0.29, 0.717) is 11.5 Å². The van der Waals surface area contributed by atoms with Crippen LogP contribution in [0, 0.1) is 16.7 Å². The zero-order chi connectivity index (χ0) is 14.0. The van der Waals surface area contributed by atoms with Crippen LogP contribution in [0.4, 0.5) is 5.69 Å². The van der Waals surface area contributed by atoms with Gasteiger partial charge in [0.25, 0.3) is 0 Å². The number of nitriles is 1. The average molecular weight is 321 g/mol. The molecule has 1 aliphatic rings. The summed E-state index contributed by atoms with van der Waals surface area (Å²) in [5.41, 5.74) is 2.28. The molecule has 0 amide bonds. The maximum Gasteiger partial charge on any atom is 0.101 e. The van der Waals surface area contributed by atoms with Crippen LogP contribution in [0.25, 0.3) is 0 Å². The summed E-state index contributed by atoms with van der Waals surface area (Å²) in [6, 6.07) is 8.82. The van der Waals surface area contributed by atoms with Crippen LogP contribution in [0.5, 0.6) is 0 Å². The van der Waals surface area contributed by atoms with Gasteiger partial charge in [0.2, 0.25) is 0 Å². The minimum atomic E-state index is 0.481. The highest BCUT2D eigenvalue weighted by molar-refractivity contribution is 9.10. The topological polar surface area (TPSA) is 27.0 Å².